The van der Waals surface area contributed by atoms with Crippen LogP contribution >= 0.6 is 11.6 Å². The number of likely N-dealkylation sites (tertiary alicyclic amines) is 1. The molecule has 1 unspecified atom stereocenters. The van der Waals surface area contributed by atoms with Crippen molar-refractivity contribution in [1.82, 2.24) is 20.3 Å². The first kappa shape index (κ1) is 11.4. The van der Waals surface area contributed by atoms with Crippen molar-refractivity contribution in [3.63, 3.8) is 0 Å². The first-order valence-electron chi connectivity index (χ1n) is 5.52. The van der Waals surface area contributed by atoms with Crippen molar-refractivity contribution in [2.24, 2.45) is 5.92 Å². The van der Waals surface area contributed by atoms with E-state index in [0.29, 0.717) is 17.5 Å². The fraction of sp³-hybridized carbons (Fsp3) is 0.700. The number of aromatic amines is 1. The van der Waals surface area contributed by atoms with Crippen molar-refractivity contribution in [3.8, 4) is 0 Å². The number of nitrogens with one attached hydrogen (secondary N) is 1. The number of halogens is 1. The van der Waals surface area contributed by atoms with Gasteiger partial charge >= 0.3 is 0 Å². The van der Waals surface area contributed by atoms with E-state index < -0.39 is 0 Å². The van der Waals surface area contributed by atoms with Gasteiger partial charge in [0.1, 0.15) is 0 Å². The molecule has 1 amide bonds. The first-order valence-corrected chi connectivity index (χ1v) is 6.05. The van der Waals surface area contributed by atoms with E-state index in [1.54, 1.807) is 0 Å². The molecular formula is C10H15ClN4O. The number of piperidine rings is 1. The summed E-state index contributed by atoms with van der Waals surface area (Å²) in [6.07, 6.45) is 4.65. The Kier molecular flexibility index (Phi) is 3.77. The highest BCUT2D eigenvalue weighted by molar-refractivity contribution is 6.17. The Morgan fingerprint density at radius 2 is 2.56 bits per heavy atom. The van der Waals surface area contributed by atoms with Crippen molar-refractivity contribution >= 4 is 17.5 Å². The second-order valence-electron chi connectivity index (χ2n) is 4.09. The van der Waals surface area contributed by atoms with Gasteiger partial charge in [-0.25, -0.2) is 0 Å². The Balaban J connectivity index is 1.96. The Hall–Kier alpha value is -1.10. The Morgan fingerprint density at radius 1 is 1.69 bits per heavy atom. The quantitative estimate of drug-likeness (QED) is 0.813. The standard InChI is InChI=1S/C10H15ClN4O/c11-4-3-8-2-1-5-15(7-8)10(16)9-6-12-14-13-9/h6,8H,1-5,7H2,(H,12,13,14). The van der Waals surface area contributed by atoms with Gasteiger partial charge in [0.2, 0.25) is 0 Å². The molecule has 0 radical (unpaired) electrons. The fourth-order valence-corrected chi connectivity index (χ4v) is 2.41. The van der Waals surface area contributed by atoms with E-state index in [-0.39, 0.29) is 5.91 Å². The molecule has 1 aliphatic rings. The van der Waals surface area contributed by atoms with Crippen molar-refractivity contribution in [2.45, 2.75) is 19.3 Å². The van der Waals surface area contributed by atoms with Crippen LogP contribution in [0.4, 0.5) is 0 Å². The number of amides is 1. The van der Waals surface area contributed by atoms with Crippen LogP contribution in [0, 0.1) is 5.92 Å². The van der Waals surface area contributed by atoms with Gasteiger partial charge in [0.05, 0.1) is 6.20 Å². The minimum atomic E-state index is -0.0342. The van der Waals surface area contributed by atoms with E-state index in [1.165, 1.54) is 6.20 Å². The first-order chi connectivity index (χ1) is 7.81. The normalized spacial score (nSPS) is 21.1. The van der Waals surface area contributed by atoms with E-state index in [4.69, 9.17) is 11.6 Å². The zero-order valence-electron chi connectivity index (χ0n) is 9.03. The lowest BCUT2D eigenvalue weighted by Crippen LogP contribution is -2.40. The summed E-state index contributed by atoms with van der Waals surface area (Å²) in [6.45, 7) is 1.60. The molecule has 2 rings (SSSR count). The van der Waals surface area contributed by atoms with Gasteiger partial charge in [-0.1, -0.05) is 0 Å². The van der Waals surface area contributed by atoms with Crippen LogP contribution in [0.1, 0.15) is 29.8 Å². The molecule has 0 aromatic carbocycles. The number of nitrogens with zero attached hydrogens (tertiary/aromatic N) is 3. The van der Waals surface area contributed by atoms with E-state index in [9.17, 15) is 4.79 Å². The van der Waals surface area contributed by atoms with E-state index in [2.05, 4.69) is 15.4 Å². The molecule has 6 heteroatoms. The third kappa shape index (κ3) is 2.52. The predicted octanol–water partition coefficient (Wildman–Crippen LogP) is 1.29. The molecule has 2 heterocycles. The number of H-pyrrole nitrogens is 1. The van der Waals surface area contributed by atoms with Crippen molar-refractivity contribution in [3.05, 3.63) is 11.9 Å². The summed E-state index contributed by atoms with van der Waals surface area (Å²) in [6, 6.07) is 0. The molecule has 1 aliphatic heterocycles. The molecule has 5 nitrogen and oxygen atoms in total. The molecule has 1 fully saturated rings. The van der Waals surface area contributed by atoms with Crippen LogP contribution in [0.3, 0.4) is 0 Å². The number of carbonyl (C=O) groups excluding carboxylic acids is 1. The Morgan fingerprint density at radius 3 is 3.25 bits per heavy atom. The van der Waals surface area contributed by atoms with Gasteiger partial charge in [-0.2, -0.15) is 15.4 Å². The van der Waals surface area contributed by atoms with Crippen molar-refractivity contribution in [1.29, 1.82) is 0 Å². The maximum Gasteiger partial charge on any atom is 0.276 e. The SMILES string of the molecule is O=C(c1cn[nH]n1)N1CCCC(CCCl)C1. The lowest BCUT2D eigenvalue weighted by molar-refractivity contribution is 0.0665. The zero-order chi connectivity index (χ0) is 11.4. The molecule has 88 valence electrons. The largest absolute Gasteiger partial charge is 0.337 e. The summed E-state index contributed by atoms with van der Waals surface area (Å²) in [5, 5.41) is 9.92. The number of hydrogen-bond donors (Lipinski definition) is 1. The number of aromatic nitrogens is 3. The average Bonchev–Trinajstić information content (AvgIpc) is 2.82. The molecule has 0 spiro atoms. The van der Waals surface area contributed by atoms with E-state index in [0.717, 1.165) is 32.4 Å². The number of hydrogen-bond acceptors (Lipinski definition) is 3. The molecule has 1 atom stereocenters. The molecular weight excluding hydrogens is 228 g/mol. The van der Waals surface area contributed by atoms with Crippen molar-refractivity contribution in [2.75, 3.05) is 19.0 Å². The molecule has 16 heavy (non-hydrogen) atoms. The second-order valence-corrected chi connectivity index (χ2v) is 4.47. The van der Waals surface area contributed by atoms with Gasteiger partial charge in [-0.15, -0.1) is 11.6 Å². The average molecular weight is 243 g/mol. The summed E-state index contributed by atoms with van der Waals surface area (Å²) in [7, 11) is 0. The molecule has 0 bridgehead atoms. The van der Waals surface area contributed by atoms with E-state index in [1.807, 2.05) is 4.90 Å². The maximum absolute atomic E-state index is 12.0. The summed E-state index contributed by atoms with van der Waals surface area (Å²) in [5.41, 5.74) is 0.395. The topological polar surface area (TPSA) is 61.9 Å². The van der Waals surface area contributed by atoms with Gasteiger partial charge in [-0.05, 0) is 25.2 Å². The smallest absolute Gasteiger partial charge is 0.276 e. The summed E-state index contributed by atoms with van der Waals surface area (Å²) < 4.78 is 0. The molecule has 1 N–H and O–H groups in total. The minimum absolute atomic E-state index is 0.0342. The van der Waals surface area contributed by atoms with Crippen LogP contribution in [0.5, 0.6) is 0 Å². The predicted molar refractivity (Wildman–Crippen MR) is 60.3 cm³/mol. The van der Waals surface area contributed by atoms with Crippen LogP contribution in [-0.2, 0) is 0 Å². The molecule has 1 aromatic heterocycles. The van der Waals surface area contributed by atoms with Gasteiger partial charge in [0.25, 0.3) is 5.91 Å². The molecule has 0 saturated carbocycles. The fourth-order valence-electron chi connectivity index (χ4n) is 2.11. The van der Waals surface area contributed by atoms with Gasteiger partial charge < -0.3 is 4.90 Å². The monoisotopic (exact) mass is 242 g/mol. The summed E-state index contributed by atoms with van der Waals surface area (Å²) in [4.78, 5) is 13.8. The second kappa shape index (κ2) is 5.30. The van der Waals surface area contributed by atoms with Crippen LogP contribution in [-0.4, -0.2) is 45.2 Å². The van der Waals surface area contributed by atoms with Crippen LogP contribution < -0.4 is 0 Å². The van der Waals surface area contributed by atoms with Crippen LogP contribution in [0.2, 0.25) is 0 Å². The molecule has 0 aliphatic carbocycles. The van der Waals surface area contributed by atoms with Crippen LogP contribution in [0.15, 0.2) is 6.20 Å². The molecule has 1 aromatic rings. The third-order valence-corrected chi connectivity index (χ3v) is 3.18. The Bertz CT molecular complexity index is 339. The summed E-state index contributed by atoms with van der Waals surface area (Å²) >= 11 is 5.73. The highest BCUT2D eigenvalue weighted by atomic mass is 35.5. The molecule has 1 saturated heterocycles. The van der Waals surface area contributed by atoms with Gasteiger partial charge in [0.15, 0.2) is 5.69 Å². The van der Waals surface area contributed by atoms with E-state index >= 15 is 0 Å². The minimum Gasteiger partial charge on any atom is -0.337 e. The summed E-state index contributed by atoms with van der Waals surface area (Å²) in [5.74, 6) is 1.16. The van der Waals surface area contributed by atoms with Gasteiger partial charge in [-0.3, -0.25) is 4.79 Å². The van der Waals surface area contributed by atoms with Crippen LogP contribution in [0.25, 0.3) is 0 Å². The number of alkyl halides is 1. The number of carbonyl (C=O) groups is 1. The highest BCUT2D eigenvalue weighted by Crippen LogP contribution is 2.21. The third-order valence-electron chi connectivity index (χ3n) is 2.96. The highest BCUT2D eigenvalue weighted by Gasteiger charge is 2.25. The van der Waals surface area contributed by atoms with Gasteiger partial charge in [0, 0.05) is 19.0 Å². The van der Waals surface area contributed by atoms with Crippen molar-refractivity contribution < 1.29 is 4.79 Å². The lowest BCUT2D eigenvalue weighted by Gasteiger charge is -2.31. The Labute approximate surface area is 99.2 Å². The zero-order valence-corrected chi connectivity index (χ0v) is 9.78. The lowest BCUT2D eigenvalue weighted by atomic mass is 9.95. The number of rotatable bonds is 3. The maximum atomic E-state index is 12.0.